The first-order valence-electron chi connectivity index (χ1n) is 7.31. The molecule has 0 radical (unpaired) electrons. The number of aromatic amines is 1. The van der Waals surface area contributed by atoms with Gasteiger partial charge in [0.15, 0.2) is 0 Å². The van der Waals surface area contributed by atoms with E-state index in [1.165, 1.54) is 12.3 Å². The second-order valence-electron chi connectivity index (χ2n) is 5.18. The molecule has 0 saturated carbocycles. The second-order valence-corrected chi connectivity index (χ2v) is 5.18. The van der Waals surface area contributed by atoms with Gasteiger partial charge >= 0.3 is 0 Å². The summed E-state index contributed by atoms with van der Waals surface area (Å²) in [5, 5.41) is 11.7. The summed E-state index contributed by atoms with van der Waals surface area (Å²) in [6.45, 7) is 0.944. The average Bonchev–Trinajstić information content (AvgIpc) is 3.07. The van der Waals surface area contributed by atoms with Gasteiger partial charge in [0.1, 0.15) is 17.9 Å². The van der Waals surface area contributed by atoms with Crippen molar-refractivity contribution in [3.8, 4) is 11.9 Å². The van der Waals surface area contributed by atoms with Crippen molar-refractivity contribution in [2.24, 2.45) is 0 Å². The first-order valence-corrected chi connectivity index (χ1v) is 7.31. The van der Waals surface area contributed by atoms with Crippen molar-refractivity contribution >= 4 is 5.91 Å². The number of pyridine rings is 1. The molecule has 7 nitrogen and oxygen atoms in total. The molecule has 2 aromatic rings. The maximum atomic E-state index is 12.3. The van der Waals surface area contributed by atoms with Gasteiger partial charge in [0.2, 0.25) is 5.88 Å². The van der Waals surface area contributed by atoms with Gasteiger partial charge in [-0.05, 0) is 12.1 Å². The SMILES string of the molecule is N#Cc1c[nH]c(C(=O)N[C@@H]2COCC[C@H]2Oc2ccccn2)c1. The average molecular weight is 312 g/mol. The third-order valence-electron chi connectivity index (χ3n) is 3.58. The highest BCUT2D eigenvalue weighted by Gasteiger charge is 2.29. The molecule has 0 aromatic carbocycles. The van der Waals surface area contributed by atoms with Crippen LogP contribution in [0.2, 0.25) is 0 Å². The van der Waals surface area contributed by atoms with Gasteiger partial charge in [-0.3, -0.25) is 4.79 Å². The van der Waals surface area contributed by atoms with Gasteiger partial charge in [0.05, 0.1) is 24.8 Å². The molecule has 2 atom stereocenters. The van der Waals surface area contributed by atoms with Gasteiger partial charge in [-0.25, -0.2) is 4.98 Å². The van der Waals surface area contributed by atoms with Gasteiger partial charge in [-0.15, -0.1) is 0 Å². The molecule has 0 unspecified atom stereocenters. The lowest BCUT2D eigenvalue weighted by Gasteiger charge is -2.31. The lowest BCUT2D eigenvalue weighted by Crippen LogP contribution is -2.52. The van der Waals surface area contributed by atoms with Gasteiger partial charge < -0.3 is 19.8 Å². The molecule has 3 rings (SSSR count). The molecule has 7 heteroatoms. The maximum absolute atomic E-state index is 12.3. The number of carbonyl (C=O) groups is 1. The second kappa shape index (κ2) is 6.94. The Bertz CT molecular complexity index is 708. The Morgan fingerprint density at radius 1 is 1.52 bits per heavy atom. The van der Waals surface area contributed by atoms with E-state index in [4.69, 9.17) is 14.7 Å². The Morgan fingerprint density at radius 3 is 3.17 bits per heavy atom. The van der Waals surface area contributed by atoms with E-state index >= 15 is 0 Å². The van der Waals surface area contributed by atoms with Crippen molar-refractivity contribution in [2.75, 3.05) is 13.2 Å². The molecule has 2 N–H and O–H groups in total. The molecule has 0 spiro atoms. The largest absolute Gasteiger partial charge is 0.472 e. The van der Waals surface area contributed by atoms with E-state index in [1.54, 1.807) is 12.3 Å². The number of hydrogen-bond donors (Lipinski definition) is 2. The van der Waals surface area contributed by atoms with Crippen LogP contribution in [0.25, 0.3) is 0 Å². The van der Waals surface area contributed by atoms with Crippen LogP contribution in [-0.2, 0) is 4.74 Å². The van der Waals surface area contributed by atoms with Crippen LogP contribution < -0.4 is 10.1 Å². The van der Waals surface area contributed by atoms with E-state index in [9.17, 15) is 4.79 Å². The number of aromatic nitrogens is 2. The third-order valence-corrected chi connectivity index (χ3v) is 3.58. The molecule has 1 aliphatic rings. The van der Waals surface area contributed by atoms with E-state index in [0.29, 0.717) is 36.8 Å². The smallest absolute Gasteiger partial charge is 0.268 e. The monoisotopic (exact) mass is 312 g/mol. The Hall–Kier alpha value is -2.85. The van der Waals surface area contributed by atoms with Crippen LogP contribution in [0, 0.1) is 11.3 Å². The summed E-state index contributed by atoms with van der Waals surface area (Å²) >= 11 is 0. The predicted octanol–water partition coefficient (Wildman–Crippen LogP) is 1.25. The van der Waals surface area contributed by atoms with Gasteiger partial charge in [-0.2, -0.15) is 5.26 Å². The molecule has 23 heavy (non-hydrogen) atoms. The fourth-order valence-electron chi connectivity index (χ4n) is 2.40. The Balaban J connectivity index is 1.66. The fourth-order valence-corrected chi connectivity index (χ4v) is 2.40. The molecule has 0 aliphatic carbocycles. The number of nitriles is 1. The van der Waals surface area contributed by atoms with Crippen LogP contribution in [0.5, 0.6) is 5.88 Å². The number of rotatable bonds is 4. The summed E-state index contributed by atoms with van der Waals surface area (Å²) < 4.78 is 11.3. The molecule has 1 aliphatic heterocycles. The van der Waals surface area contributed by atoms with Crippen molar-refractivity contribution in [2.45, 2.75) is 18.6 Å². The summed E-state index contributed by atoms with van der Waals surface area (Å²) in [4.78, 5) is 19.2. The molecule has 3 heterocycles. The van der Waals surface area contributed by atoms with E-state index in [1.807, 2.05) is 18.2 Å². The summed E-state index contributed by atoms with van der Waals surface area (Å²) in [7, 11) is 0. The minimum atomic E-state index is -0.295. The van der Waals surface area contributed by atoms with Crippen LogP contribution in [0.1, 0.15) is 22.5 Å². The quantitative estimate of drug-likeness (QED) is 0.885. The van der Waals surface area contributed by atoms with Gasteiger partial charge in [0, 0.05) is 24.9 Å². The molecule has 118 valence electrons. The molecule has 1 fully saturated rings. The normalized spacial score (nSPS) is 20.5. The first kappa shape index (κ1) is 15.1. The van der Waals surface area contributed by atoms with E-state index < -0.39 is 0 Å². The molecule has 1 saturated heterocycles. The molecule has 0 bridgehead atoms. The van der Waals surface area contributed by atoms with Crippen LogP contribution in [0.4, 0.5) is 0 Å². The van der Waals surface area contributed by atoms with Crippen LogP contribution in [-0.4, -0.2) is 41.2 Å². The zero-order valence-electron chi connectivity index (χ0n) is 12.4. The number of amides is 1. The topological polar surface area (TPSA) is 100 Å². The van der Waals surface area contributed by atoms with Gasteiger partial charge in [0.25, 0.3) is 5.91 Å². The standard InChI is InChI=1S/C16H16N4O3/c17-8-11-7-12(19-9-11)16(21)20-13-10-22-6-4-14(13)23-15-3-1-2-5-18-15/h1-3,5,7,9,13-14,19H,4,6,10H2,(H,20,21)/t13-,14-/m1/s1. The number of hydrogen-bond acceptors (Lipinski definition) is 5. The molecule has 1 amide bonds. The zero-order chi connectivity index (χ0) is 16.1. The van der Waals surface area contributed by atoms with E-state index in [2.05, 4.69) is 15.3 Å². The van der Waals surface area contributed by atoms with Gasteiger partial charge in [-0.1, -0.05) is 6.07 Å². The van der Waals surface area contributed by atoms with Crippen LogP contribution in [0.3, 0.4) is 0 Å². The minimum absolute atomic E-state index is 0.215. The highest BCUT2D eigenvalue weighted by Crippen LogP contribution is 2.16. The zero-order valence-corrected chi connectivity index (χ0v) is 12.4. The summed E-state index contributed by atoms with van der Waals surface area (Å²) in [5.41, 5.74) is 0.750. The van der Waals surface area contributed by atoms with E-state index in [-0.39, 0.29) is 18.1 Å². The van der Waals surface area contributed by atoms with Crippen molar-refractivity contribution in [3.05, 3.63) is 47.9 Å². The summed E-state index contributed by atoms with van der Waals surface area (Å²) in [6.07, 6.45) is 3.60. The summed E-state index contributed by atoms with van der Waals surface area (Å²) in [6, 6.07) is 8.64. The molecule has 2 aromatic heterocycles. The third kappa shape index (κ3) is 3.67. The maximum Gasteiger partial charge on any atom is 0.268 e. The van der Waals surface area contributed by atoms with Crippen LogP contribution >= 0.6 is 0 Å². The lowest BCUT2D eigenvalue weighted by molar-refractivity contribution is -0.00454. The number of nitrogens with one attached hydrogen (secondary N) is 2. The number of carbonyl (C=O) groups excluding carboxylic acids is 1. The Morgan fingerprint density at radius 2 is 2.43 bits per heavy atom. The summed E-state index contributed by atoms with van der Waals surface area (Å²) in [5.74, 6) is 0.224. The highest BCUT2D eigenvalue weighted by molar-refractivity contribution is 5.93. The number of ether oxygens (including phenoxy) is 2. The highest BCUT2D eigenvalue weighted by atomic mass is 16.5. The van der Waals surface area contributed by atoms with Crippen molar-refractivity contribution in [1.29, 1.82) is 5.26 Å². The Kier molecular flexibility index (Phi) is 4.54. The first-order chi connectivity index (χ1) is 11.3. The van der Waals surface area contributed by atoms with Crippen LogP contribution in [0.15, 0.2) is 36.7 Å². The van der Waals surface area contributed by atoms with Crippen molar-refractivity contribution < 1.29 is 14.3 Å². The predicted molar refractivity (Wildman–Crippen MR) is 80.9 cm³/mol. The lowest BCUT2D eigenvalue weighted by atomic mass is 10.1. The minimum Gasteiger partial charge on any atom is -0.472 e. The van der Waals surface area contributed by atoms with Crippen molar-refractivity contribution in [3.63, 3.8) is 0 Å². The number of nitrogens with zero attached hydrogens (tertiary/aromatic N) is 2. The molecular formula is C16H16N4O3. The van der Waals surface area contributed by atoms with E-state index in [0.717, 1.165) is 0 Å². The molecular weight excluding hydrogens is 296 g/mol. The number of H-pyrrole nitrogens is 1. The van der Waals surface area contributed by atoms with Crippen molar-refractivity contribution in [1.82, 2.24) is 15.3 Å². The Labute approximate surface area is 133 Å². The fraction of sp³-hybridized carbons (Fsp3) is 0.312.